The quantitative estimate of drug-likeness (QED) is 0.566. The van der Waals surface area contributed by atoms with Crippen LogP contribution in [0.2, 0.25) is 0 Å². The van der Waals surface area contributed by atoms with E-state index >= 15 is 0 Å². The normalized spacial score (nSPS) is 13.4. The summed E-state index contributed by atoms with van der Waals surface area (Å²) in [4.78, 5) is 10.5. The lowest BCUT2D eigenvalue weighted by Crippen LogP contribution is -2.19. The summed E-state index contributed by atoms with van der Waals surface area (Å²) in [5.41, 5.74) is -0.648. The van der Waals surface area contributed by atoms with Crippen LogP contribution in [0.15, 0.2) is 35.6 Å². The molecule has 0 aliphatic carbocycles. The lowest BCUT2D eigenvalue weighted by molar-refractivity contribution is -0.153. The number of H-pyrrole nitrogens is 1. The molecule has 0 bridgehead atoms. The molecular formula is C17H13F6N3O3S. The number of methoxy groups -OCH3 is 1. The number of pyridine rings is 1. The maximum atomic E-state index is 12.8. The first-order valence-corrected chi connectivity index (χ1v) is 9.46. The highest BCUT2D eigenvalue weighted by molar-refractivity contribution is 7.84. The second-order valence-electron chi connectivity index (χ2n) is 5.95. The second kappa shape index (κ2) is 8.13. The van der Waals surface area contributed by atoms with Gasteiger partial charge in [0.1, 0.15) is 0 Å². The van der Waals surface area contributed by atoms with Crippen LogP contribution in [0.4, 0.5) is 26.3 Å². The molecule has 0 saturated heterocycles. The molecule has 0 saturated carbocycles. The molecule has 0 amide bonds. The highest BCUT2D eigenvalue weighted by Gasteiger charge is 2.31. The molecule has 0 aliphatic rings. The Hall–Kier alpha value is -2.83. The van der Waals surface area contributed by atoms with Gasteiger partial charge in [-0.3, -0.25) is 9.19 Å². The molecule has 0 spiro atoms. The van der Waals surface area contributed by atoms with E-state index in [2.05, 4.69) is 15.0 Å². The van der Waals surface area contributed by atoms with E-state index in [4.69, 9.17) is 9.47 Å². The highest BCUT2D eigenvalue weighted by atomic mass is 32.2. The summed E-state index contributed by atoms with van der Waals surface area (Å²) >= 11 is 0. The Kier molecular flexibility index (Phi) is 5.92. The first-order chi connectivity index (χ1) is 14.0. The molecule has 1 aromatic carbocycles. The Labute approximate surface area is 167 Å². The van der Waals surface area contributed by atoms with Crippen molar-refractivity contribution in [3.05, 3.63) is 41.7 Å². The zero-order valence-electron chi connectivity index (χ0n) is 15.1. The van der Waals surface area contributed by atoms with E-state index in [0.717, 1.165) is 30.5 Å². The van der Waals surface area contributed by atoms with Crippen molar-refractivity contribution in [1.82, 2.24) is 15.0 Å². The zero-order chi connectivity index (χ0) is 22.1. The predicted octanol–water partition coefficient (Wildman–Crippen LogP) is 4.23. The van der Waals surface area contributed by atoms with E-state index < -0.39 is 35.3 Å². The number of hydrogen-bond acceptors (Lipinski definition) is 5. The fourth-order valence-corrected chi connectivity index (χ4v) is 3.54. The molecule has 3 aromatic rings. The van der Waals surface area contributed by atoms with Gasteiger partial charge >= 0.3 is 12.4 Å². The SMILES string of the molecule is COc1c(OCC(F)(F)F)ccnc1CS(=O)c1nc2ccc(C(F)(F)F)cc2[nH]1. The maximum absolute atomic E-state index is 12.8. The average Bonchev–Trinajstić information content (AvgIpc) is 3.08. The van der Waals surface area contributed by atoms with Gasteiger partial charge in [0, 0.05) is 12.3 Å². The molecule has 0 aliphatic heterocycles. The number of alkyl halides is 6. The lowest BCUT2D eigenvalue weighted by atomic mass is 10.2. The van der Waals surface area contributed by atoms with Crippen LogP contribution in [0.5, 0.6) is 11.5 Å². The van der Waals surface area contributed by atoms with Crippen molar-refractivity contribution >= 4 is 21.8 Å². The number of halogens is 6. The molecule has 2 heterocycles. The maximum Gasteiger partial charge on any atom is 0.422 e. The van der Waals surface area contributed by atoms with Gasteiger partial charge in [0.2, 0.25) is 0 Å². The van der Waals surface area contributed by atoms with Crippen LogP contribution in [0, 0.1) is 0 Å². The molecule has 1 N–H and O–H groups in total. The summed E-state index contributed by atoms with van der Waals surface area (Å²) < 4.78 is 98.1. The Morgan fingerprint density at radius 3 is 2.50 bits per heavy atom. The molecule has 1 atom stereocenters. The van der Waals surface area contributed by atoms with E-state index in [1.54, 1.807) is 0 Å². The predicted molar refractivity (Wildman–Crippen MR) is 93.5 cm³/mol. The largest absolute Gasteiger partial charge is 0.491 e. The molecule has 6 nitrogen and oxygen atoms in total. The number of imidazole rings is 1. The van der Waals surface area contributed by atoms with Gasteiger partial charge in [0.05, 0.1) is 46.0 Å². The number of fused-ring (bicyclic) bond motifs is 1. The second-order valence-corrected chi connectivity index (χ2v) is 7.32. The average molecular weight is 453 g/mol. The summed E-state index contributed by atoms with van der Waals surface area (Å²) in [7, 11) is -0.720. The Morgan fingerprint density at radius 1 is 1.13 bits per heavy atom. The van der Waals surface area contributed by atoms with E-state index in [9.17, 15) is 30.6 Å². The van der Waals surface area contributed by atoms with Gasteiger partial charge in [-0.1, -0.05) is 0 Å². The van der Waals surface area contributed by atoms with Crippen LogP contribution in [0.25, 0.3) is 11.0 Å². The van der Waals surface area contributed by atoms with E-state index in [1.165, 1.54) is 7.11 Å². The number of benzene rings is 1. The van der Waals surface area contributed by atoms with E-state index in [-0.39, 0.29) is 39.1 Å². The topological polar surface area (TPSA) is 77.1 Å². The minimum absolute atomic E-state index is 0.0342. The van der Waals surface area contributed by atoms with Crippen molar-refractivity contribution < 1.29 is 40.0 Å². The van der Waals surface area contributed by atoms with Crippen molar-refractivity contribution in [2.24, 2.45) is 0 Å². The van der Waals surface area contributed by atoms with Gasteiger partial charge in [-0.2, -0.15) is 26.3 Å². The fourth-order valence-electron chi connectivity index (χ4n) is 2.53. The summed E-state index contributed by atoms with van der Waals surface area (Å²) in [6.45, 7) is -1.55. The lowest BCUT2D eigenvalue weighted by Gasteiger charge is -2.14. The minimum Gasteiger partial charge on any atom is -0.491 e. The monoisotopic (exact) mass is 453 g/mol. The van der Waals surface area contributed by atoms with Crippen molar-refractivity contribution in [1.29, 1.82) is 0 Å². The van der Waals surface area contributed by atoms with Crippen LogP contribution in [-0.4, -0.2) is 39.1 Å². The van der Waals surface area contributed by atoms with Gasteiger partial charge in [0.25, 0.3) is 0 Å². The number of hydrogen-bond donors (Lipinski definition) is 1. The van der Waals surface area contributed by atoms with Crippen LogP contribution in [0.3, 0.4) is 0 Å². The van der Waals surface area contributed by atoms with Crippen LogP contribution >= 0.6 is 0 Å². The number of rotatable bonds is 6. The summed E-state index contributed by atoms with van der Waals surface area (Å²) in [5, 5.41) is -0.116. The molecule has 0 fully saturated rings. The van der Waals surface area contributed by atoms with Gasteiger partial charge in [-0.05, 0) is 18.2 Å². The van der Waals surface area contributed by atoms with Crippen molar-refractivity contribution in [2.75, 3.05) is 13.7 Å². The van der Waals surface area contributed by atoms with Crippen LogP contribution < -0.4 is 9.47 Å². The van der Waals surface area contributed by atoms with E-state index in [1.807, 2.05) is 0 Å². The fraction of sp³-hybridized carbons (Fsp3) is 0.294. The minimum atomic E-state index is -4.57. The Bertz CT molecular complexity index is 1080. The molecule has 3 rings (SSSR count). The standard InChI is InChI=1S/C17H13F6N3O3S/c1-28-14-12(24-5-4-13(14)29-8-16(18,19)20)7-30(27)15-25-10-3-2-9(17(21,22)23)6-11(10)26-15/h2-6H,7-8H2,1H3,(H,25,26). The summed E-state index contributed by atoms with van der Waals surface area (Å²) in [6.07, 6.45) is -7.96. The third-order valence-corrected chi connectivity index (χ3v) is 4.97. The molecule has 0 radical (unpaired) electrons. The smallest absolute Gasteiger partial charge is 0.422 e. The van der Waals surface area contributed by atoms with Crippen molar-refractivity contribution in [3.8, 4) is 11.5 Å². The zero-order valence-corrected chi connectivity index (χ0v) is 15.9. The molecule has 2 aromatic heterocycles. The van der Waals surface area contributed by atoms with Crippen LogP contribution in [-0.2, 0) is 22.7 Å². The Morgan fingerprint density at radius 2 is 1.87 bits per heavy atom. The van der Waals surface area contributed by atoms with Crippen molar-refractivity contribution in [2.45, 2.75) is 23.3 Å². The number of aromatic nitrogens is 3. The van der Waals surface area contributed by atoms with Gasteiger partial charge in [0.15, 0.2) is 23.3 Å². The number of ether oxygens (including phenoxy) is 2. The third-order valence-electron chi connectivity index (χ3n) is 3.81. The van der Waals surface area contributed by atoms with Gasteiger partial charge in [-0.25, -0.2) is 4.98 Å². The Balaban J connectivity index is 1.85. The number of nitrogens with zero attached hydrogens (tertiary/aromatic N) is 2. The molecule has 30 heavy (non-hydrogen) atoms. The molecule has 1 unspecified atom stereocenters. The van der Waals surface area contributed by atoms with Crippen LogP contribution in [0.1, 0.15) is 11.3 Å². The number of nitrogens with one attached hydrogen (secondary N) is 1. The van der Waals surface area contributed by atoms with Crippen molar-refractivity contribution in [3.63, 3.8) is 0 Å². The third kappa shape index (κ3) is 5.01. The van der Waals surface area contributed by atoms with Gasteiger partial charge < -0.3 is 14.5 Å². The van der Waals surface area contributed by atoms with Gasteiger partial charge in [-0.15, -0.1) is 0 Å². The summed E-state index contributed by atoms with van der Waals surface area (Å²) in [5.74, 6) is -0.694. The summed E-state index contributed by atoms with van der Waals surface area (Å²) in [6, 6.07) is 3.99. The first-order valence-electron chi connectivity index (χ1n) is 8.14. The van der Waals surface area contributed by atoms with E-state index in [0.29, 0.717) is 0 Å². The molecule has 13 heteroatoms. The molecular weight excluding hydrogens is 440 g/mol. The highest BCUT2D eigenvalue weighted by Crippen LogP contribution is 2.33. The first kappa shape index (κ1) is 21.9. The number of aromatic amines is 1. The molecule has 162 valence electrons.